The van der Waals surface area contributed by atoms with E-state index in [4.69, 9.17) is 0 Å². The fraction of sp³-hybridized carbons (Fsp3) is 0.194. The van der Waals surface area contributed by atoms with E-state index in [1.54, 1.807) is 12.1 Å². The van der Waals surface area contributed by atoms with Gasteiger partial charge in [-0.3, -0.25) is 14.4 Å². The number of nitrogens with one attached hydrogen (secondary N) is 2. The molecule has 80 heavy (non-hydrogen) atoms. The van der Waals surface area contributed by atoms with Crippen LogP contribution in [0.1, 0.15) is 84.6 Å². The Morgan fingerprint density at radius 1 is 0.525 bits per heavy atom. The minimum absolute atomic E-state index is 0.0193. The van der Waals surface area contributed by atoms with Crippen LogP contribution in [0.25, 0.3) is 48.7 Å². The number of rotatable bonds is 18. The van der Waals surface area contributed by atoms with Gasteiger partial charge in [-0.05, 0) is 89.7 Å². The van der Waals surface area contributed by atoms with Crippen LogP contribution in [-0.2, 0) is 14.4 Å². The molecule has 0 aromatic heterocycles. The molecule has 9 aromatic carbocycles. The molecular formula is C72H66N4O4. The number of carbonyl (C=O) groups is 3. The van der Waals surface area contributed by atoms with Crippen LogP contribution in [0.2, 0.25) is 0 Å². The molecule has 0 heterocycles. The van der Waals surface area contributed by atoms with Crippen LogP contribution in [0.4, 0.5) is 34.1 Å². The SMILES string of the molecule is CCCCC(CC)C(=O)NC1=CC(=[N+](c2cccc3ccccc23)c2cccc3ccccc23)C=CC1=C1C(=O)C(c2ccc(N(c3cccc4ccccc34)c3cccc4ccccc34)cc2NC(=O)C(CC)CCCC)=C1[O-]. The number of fused-ring (bicyclic) bond motifs is 4. The summed E-state index contributed by atoms with van der Waals surface area (Å²) in [4.78, 5) is 46.5. The summed E-state index contributed by atoms with van der Waals surface area (Å²) in [7, 11) is 0. The highest BCUT2D eigenvalue weighted by molar-refractivity contribution is 6.40. The molecule has 0 saturated carbocycles. The molecule has 8 nitrogen and oxygen atoms in total. The monoisotopic (exact) mass is 1050 g/mol. The molecule has 2 atom stereocenters. The highest BCUT2D eigenvalue weighted by Crippen LogP contribution is 2.47. The maximum atomic E-state index is 15.3. The molecule has 2 unspecified atom stereocenters. The summed E-state index contributed by atoms with van der Waals surface area (Å²) in [5.74, 6) is -1.82. The molecule has 398 valence electrons. The summed E-state index contributed by atoms with van der Waals surface area (Å²) >= 11 is 0. The number of nitrogens with zero attached hydrogens (tertiary/aromatic N) is 2. The maximum absolute atomic E-state index is 15.3. The van der Waals surface area contributed by atoms with Gasteiger partial charge in [0.1, 0.15) is 0 Å². The molecule has 0 saturated heterocycles. The zero-order valence-electron chi connectivity index (χ0n) is 46.0. The number of hydrogen-bond donors (Lipinski definition) is 2. The van der Waals surface area contributed by atoms with Crippen molar-refractivity contribution >= 4 is 106 Å². The van der Waals surface area contributed by atoms with Crippen molar-refractivity contribution < 1.29 is 19.5 Å². The van der Waals surface area contributed by atoms with Crippen LogP contribution in [0.15, 0.2) is 229 Å². The lowest BCUT2D eigenvalue weighted by atomic mass is 9.78. The normalized spacial score (nSPS) is 15.0. The van der Waals surface area contributed by atoms with Gasteiger partial charge < -0.3 is 20.6 Å². The molecule has 2 amide bonds. The number of benzene rings is 9. The second-order valence-corrected chi connectivity index (χ2v) is 21.0. The number of carbonyl (C=O) groups excluding carboxylic acids is 3. The highest BCUT2D eigenvalue weighted by atomic mass is 16.3. The van der Waals surface area contributed by atoms with Crippen molar-refractivity contribution in [3.63, 3.8) is 0 Å². The standard InChI is InChI=1S/C72H66N4O4/c1-5-9-23-47(7-3)71(79)73-61-45-53(75(63-37-19-29-49-25-11-15-33-55(49)63)64-38-20-30-50-26-12-16-34-56(50)64)41-43-59(61)67-69(77)68(70(67)78)60-44-42-54(46-62(60)74-72(80)48(8-4)24-10-6-2)76(65-39-21-31-51-27-13-17-35-57(51)65)66-40-22-32-52-28-14-18-36-58(52)66/h11-22,25-48H,5-10,23-24H2,1-4H3,(H2,73,74,77,78,79,80). The molecule has 2 N–H and O–H groups in total. The lowest BCUT2D eigenvalue weighted by Gasteiger charge is -2.35. The topological polar surface area (TPSA) is 105 Å². The Kier molecular flexibility index (Phi) is 15.5. The van der Waals surface area contributed by atoms with Crippen LogP contribution >= 0.6 is 0 Å². The number of hydrogen-bond acceptors (Lipinski definition) is 5. The Morgan fingerprint density at radius 3 is 1.49 bits per heavy atom. The average molecular weight is 1050 g/mol. The van der Waals surface area contributed by atoms with Gasteiger partial charge in [0, 0.05) is 74.9 Å². The Hall–Kier alpha value is -9.14. The number of unbranched alkanes of at least 4 members (excludes halogenated alkanes) is 2. The number of anilines is 4. The summed E-state index contributed by atoms with van der Waals surface area (Å²) in [6, 6.07) is 63.7. The second kappa shape index (κ2) is 23.4. The molecular weight excluding hydrogens is 985 g/mol. The molecule has 9 aromatic rings. The van der Waals surface area contributed by atoms with Gasteiger partial charge in [0.2, 0.25) is 28.9 Å². The van der Waals surface area contributed by atoms with Crippen LogP contribution in [0.5, 0.6) is 0 Å². The quantitative estimate of drug-likeness (QED) is 0.0658. The van der Waals surface area contributed by atoms with E-state index in [0.717, 1.165) is 103 Å². The Balaban J connectivity index is 1.10. The smallest absolute Gasteiger partial charge is 0.227 e. The first-order valence-corrected chi connectivity index (χ1v) is 28.5. The first-order valence-electron chi connectivity index (χ1n) is 28.5. The minimum atomic E-state index is -0.461. The lowest BCUT2D eigenvalue weighted by molar-refractivity contribution is -0.297. The van der Waals surface area contributed by atoms with E-state index in [0.29, 0.717) is 48.2 Å². The van der Waals surface area contributed by atoms with Crippen molar-refractivity contribution in [3.8, 4) is 0 Å². The Bertz CT molecular complexity index is 3880. The maximum Gasteiger partial charge on any atom is 0.227 e. The van der Waals surface area contributed by atoms with Crippen LogP contribution in [-0.4, -0.2) is 23.3 Å². The molecule has 11 rings (SSSR count). The van der Waals surface area contributed by atoms with E-state index in [-0.39, 0.29) is 34.8 Å². The highest BCUT2D eigenvalue weighted by Gasteiger charge is 2.36. The van der Waals surface area contributed by atoms with E-state index >= 15 is 9.90 Å². The number of ketones is 1. The van der Waals surface area contributed by atoms with Gasteiger partial charge in [-0.25, -0.2) is 0 Å². The second-order valence-electron chi connectivity index (χ2n) is 21.0. The number of allylic oxidation sites excluding steroid dienone is 5. The van der Waals surface area contributed by atoms with Gasteiger partial charge in [0.15, 0.2) is 5.78 Å². The van der Waals surface area contributed by atoms with Crippen molar-refractivity contribution in [2.75, 3.05) is 10.2 Å². The summed E-state index contributed by atoms with van der Waals surface area (Å²) in [6.45, 7) is 8.27. The molecule has 2 aliphatic rings. The third-order valence-electron chi connectivity index (χ3n) is 16.1. The van der Waals surface area contributed by atoms with Gasteiger partial charge in [-0.1, -0.05) is 199 Å². The van der Waals surface area contributed by atoms with Crippen LogP contribution < -0.4 is 25.2 Å². The predicted octanol–water partition coefficient (Wildman–Crippen LogP) is 16.6. The summed E-state index contributed by atoms with van der Waals surface area (Å²) in [5.41, 5.74) is 6.56. The molecule has 0 bridgehead atoms. The molecule has 8 heteroatoms. The molecule has 0 fully saturated rings. The zero-order valence-corrected chi connectivity index (χ0v) is 46.0. The van der Waals surface area contributed by atoms with Gasteiger partial charge in [0.05, 0.1) is 33.5 Å². The third-order valence-corrected chi connectivity index (χ3v) is 16.1. The summed E-state index contributed by atoms with van der Waals surface area (Å²) in [5, 5.41) is 30.2. The fourth-order valence-corrected chi connectivity index (χ4v) is 11.7. The van der Waals surface area contributed by atoms with Crippen LogP contribution in [0, 0.1) is 11.8 Å². The van der Waals surface area contributed by atoms with Gasteiger partial charge in [0.25, 0.3) is 0 Å². The van der Waals surface area contributed by atoms with Crippen molar-refractivity contribution in [2.45, 2.75) is 79.1 Å². The zero-order chi connectivity index (χ0) is 55.3. The Labute approximate surface area is 468 Å². The first-order chi connectivity index (χ1) is 39.2. The van der Waals surface area contributed by atoms with Crippen LogP contribution in [0.3, 0.4) is 0 Å². The predicted molar refractivity (Wildman–Crippen MR) is 330 cm³/mol. The van der Waals surface area contributed by atoms with Gasteiger partial charge in [-0.2, -0.15) is 4.58 Å². The average Bonchev–Trinajstić information content (AvgIpc) is 3.52. The van der Waals surface area contributed by atoms with E-state index in [1.807, 2.05) is 111 Å². The number of Topliss-reactive ketones (excluding diaryl/α,β-unsaturated/α-hetero) is 1. The molecule has 2 aliphatic carbocycles. The lowest BCUT2D eigenvalue weighted by Crippen LogP contribution is -2.36. The van der Waals surface area contributed by atoms with Crippen molar-refractivity contribution in [3.05, 3.63) is 234 Å². The van der Waals surface area contributed by atoms with E-state index in [2.05, 4.69) is 131 Å². The van der Waals surface area contributed by atoms with Crippen molar-refractivity contribution in [1.82, 2.24) is 9.89 Å². The molecule has 0 aliphatic heterocycles. The molecule has 0 spiro atoms. The van der Waals surface area contributed by atoms with E-state index < -0.39 is 11.5 Å². The minimum Gasteiger partial charge on any atom is -0.871 e. The van der Waals surface area contributed by atoms with E-state index in [9.17, 15) is 9.59 Å². The third kappa shape index (κ3) is 10.1. The van der Waals surface area contributed by atoms with Crippen molar-refractivity contribution in [2.24, 2.45) is 11.8 Å². The van der Waals surface area contributed by atoms with Gasteiger partial charge in [-0.15, -0.1) is 0 Å². The summed E-state index contributed by atoms with van der Waals surface area (Å²) < 4.78 is 2.20. The van der Waals surface area contributed by atoms with Crippen molar-refractivity contribution in [1.29, 1.82) is 0 Å². The van der Waals surface area contributed by atoms with Gasteiger partial charge >= 0.3 is 0 Å². The first kappa shape index (κ1) is 52.9. The summed E-state index contributed by atoms with van der Waals surface area (Å²) in [6.07, 6.45) is 12.0. The Morgan fingerprint density at radius 2 is 0.988 bits per heavy atom. The fourth-order valence-electron chi connectivity index (χ4n) is 11.7. The van der Waals surface area contributed by atoms with E-state index in [1.165, 1.54) is 0 Å². The number of amides is 2. The molecule has 0 radical (unpaired) electrons. The largest absolute Gasteiger partial charge is 0.871 e.